The van der Waals surface area contributed by atoms with E-state index in [1.807, 2.05) is 0 Å². The fourth-order valence-electron chi connectivity index (χ4n) is 4.85. The molecule has 4 rings (SSSR count). The second-order valence-corrected chi connectivity index (χ2v) is 6.85. The van der Waals surface area contributed by atoms with E-state index in [0.717, 1.165) is 25.1 Å². The van der Waals surface area contributed by atoms with Crippen LogP contribution < -0.4 is 4.90 Å². The number of ether oxygens (including phenoxy) is 1. The van der Waals surface area contributed by atoms with Crippen LogP contribution >= 0.6 is 0 Å². The molecular formula is C18H21FN2O3. The van der Waals surface area contributed by atoms with Crippen molar-refractivity contribution in [2.45, 2.75) is 37.8 Å². The zero-order chi connectivity index (χ0) is 17.1. The van der Waals surface area contributed by atoms with E-state index >= 15 is 0 Å². The zero-order valence-electron chi connectivity index (χ0n) is 13.9. The van der Waals surface area contributed by atoms with E-state index < -0.39 is 5.54 Å². The number of rotatable bonds is 2. The fraction of sp³-hybridized carbons (Fsp3) is 0.556. The molecule has 3 atom stereocenters. The Morgan fingerprint density at radius 2 is 2.25 bits per heavy atom. The minimum absolute atomic E-state index is 0.00406. The molecule has 3 aliphatic rings. The molecule has 0 saturated carbocycles. The molecule has 3 aliphatic heterocycles. The SMILES string of the molecule is CCOC(=O)[C@H]1C[C@@]2(C(=O)N(C)c3ccc(F)cc32)N2CCC[C@@H]12. The number of likely N-dealkylation sites (N-methyl/N-ethyl adjacent to an activating group) is 1. The van der Waals surface area contributed by atoms with Gasteiger partial charge in [0, 0.05) is 24.3 Å². The van der Waals surface area contributed by atoms with Crippen LogP contribution in [0.25, 0.3) is 0 Å². The van der Waals surface area contributed by atoms with Crippen molar-refractivity contribution >= 4 is 17.6 Å². The van der Waals surface area contributed by atoms with E-state index in [0.29, 0.717) is 18.6 Å². The lowest BCUT2D eigenvalue weighted by molar-refractivity contribution is -0.148. The molecule has 0 aromatic heterocycles. The predicted molar refractivity (Wildman–Crippen MR) is 86.0 cm³/mol. The van der Waals surface area contributed by atoms with Gasteiger partial charge in [-0.25, -0.2) is 4.39 Å². The molecule has 6 heteroatoms. The third-order valence-electron chi connectivity index (χ3n) is 5.78. The number of fused-ring (bicyclic) bond motifs is 4. The highest BCUT2D eigenvalue weighted by Crippen LogP contribution is 2.55. The molecular weight excluding hydrogens is 311 g/mol. The smallest absolute Gasteiger partial charge is 0.310 e. The summed E-state index contributed by atoms with van der Waals surface area (Å²) in [5.41, 5.74) is 0.496. The highest BCUT2D eigenvalue weighted by atomic mass is 19.1. The average molecular weight is 332 g/mol. The van der Waals surface area contributed by atoms with Gasteiger partial charge in [-0.05, 0) is 50.9 Å². The Morgan fingerprint density at radius 1 is 1.46 bits per heavy atom. The van der Waals surface area contributed by atoms with Gasteiger partial charge >= 0.3 is 5.97 Å². The second kappa shape index (κ2) is 5.28. The van der Waals surface area contributed by atoms with Gasteiger partial charge < -0.3 is 9.64 Å². The van der Waals surface area contributed by atoms with Crippen LogP contribution in [0.3, 0.4) is 0 Å². The molecule has 1 aromatic rings. The quantitative estimate of drug-likeness (QED) is 0.778. The number of nitrogens with zero attached hydrogens (tertiary/aromatic N) is 2. The molecule has 3 heterocycles. The third-order valence-corrected chi connectivity index (χ3v) is 5.78. The van der Waals surface area contributed by atoms with Gasteiger partial charge in [-0.1, -0.05) is 0 Å². The highest BCUT2D eigenvalue weighted by Gasteiger charge is 2.64. The number of hydrogen-bond acceptors (Lipinski definition) is 4. The van der Waals surface area contributed by atoms with Crippen molar-refractivity contribution in [3.63, 3.8) is 0 Å². The monoisotopic (exact) mass is 332 g/mol. The van der Waals surface area contributed by atoms with Crippen LogP contribution in [0.15, 0.2) is 18.2 Å². The van der Waals surface area contributed by atoms with Crippen molar-refractivity contribution < 1.29 is 18.7 Å². The number of esters is 1. The number of amides is 1. The van der Waals surface area contributed by atoms with Crippen molar-refractivity contribution in [3.8, 4) is 0 Å². The first kappa shape index (κ1) is 15.6. The Kier molecular flexibility index (Phi) is 3.42. The number of hydrogen-bond donors (Lipinski definition) is 0. The Bertz CT molecular complexity index is 722. The molecule has 0 unspecified atom stereocenters. The molecule has 2 fully saturated rings. The minimum Gasteiger partial charge on any atom is -0.466 e. The number of halogens is 1. The maximum absolute atomic E-state index is 13.9. The van der Waals surface area contributed by atoms with Gasteiger partial charge in [-0.15, -0.1) is 0 Å². The lowest BCUT2D eigenvalue weighted by Gasteiger charge is -2.33. The maximum atomic E-state index is 13.9. The Hall–Kier alpha value is -1.95. The highest BCUT2D eigenvalue weighted by molar-refractivity contribution is 6.08. The van der Waals surface area contributed by atoms with Crippen LogP contribution in [-0.2, 0) is 19.9 Å². The fourth-order valence-corrected chi connectivity index (χ4v) is 4.85. The van der Waals surface area contributed by atoms with Crippen molar-refractivity contribution in [1.29, 1.82) is 0 Å². The molecule has 24 heavy (non-hydrogen) atoms. The van der Waals surface area contributed by atoms with E-state index in [1.165, 1.54) is 12.1 Å². The number of carbonyl (C=O) groups excluding carboxylic acids is 2. The van der Waals surface area contributed by atoms with Crippen LogP contribution in [0.5, 0.6) is 0 Å². The van der Waals surface area contributed by atoms with Crippen LogP contribution in [0, 0.1) is 11.7 Å². The van der Waals surface area contributed by atoms with Gasteiger partial charge in [0.25, 0.3) is 5.91 Å². The largest absolute Gasteiger partial charge is 0.466 e. The van der Waals surface area contributed by atoms with E-state index in [9.17, 15) is 14.0 Å². The number of carbonyl (C=O) groups is 2. The summed E-state index contributed by atoms with van der Waals surface area (Å²) in [5.74, 6) is -1.00. The molecule has 0 aliphatic carbocycles. The van der Waals surface area contributed by atoms with Crippen molar-refractivity contribution in [2.75, 3.05) is 25.1 Å². The van der Waals surface area contributed by atoms with Crippen LogP contribution in [-0.4, -0.2) is 43.0 Å². The summed E-state index contributed by atoms with van der Waals surface area (Å²) in [6.45, 7) is 2.86. The van der Waals surface area contributed by atoms with Gasteiger partial charge in [-0.2, -0.15) is 0 Å². The molecule has 1 spiro atoms. The Balaban J connectivity index is 1.84. The van der Waals surface area contributed by atoms with E-state index in [4.69, 9.17) is 4.74 Å². The number of benzene rings is 1. The average Bonchev–Trinajstić information content (AvgIpc) is 3.19. The molecule has 0 radical (unpaired) electrons. The molecule has 1 amide bonds. The first-order valence-electron chi connectivity index (χ1n) is 8.52. The van der Waals surface area contributed by atoms with Crippen molar-refractivity contribution in [3.05, 3.63) is 29.6 Å². The summed E-state index contributed by atoms with van der Waals surface area (Å²) >= 11 is 0. The van der Waals surface area contributed by atoms with Gasteiger partial charge in [-0.3, -0.25) is 14.5 Å². The topological polar surface area (TPSA) is 49.9 Å². The molecule has 2 saturated heterocycles. The van der Waals surface area contributed by atoms with E-state index in [2.05, 4.69) is 4.90 Å². The maximum Gasteiger partial charge on any atom is 0.310 e. The summed E-state index contributed by atoms with van der Waals surface area (Å²) in [4.78, 5) is 29.3. The standard InChI is InChI=1S/C18H21FN2O3/c1-3-24-16(22)12-10-18(21-8-4-5-14(12)21)13-9-11(19)6-7-15(13)20(2)17(18)23/h6-7,9,12,14H,3-5,8,10H2,1-2H3/t12-,14-,18+/m0/s1. The van der Waals surface area contributed by atoms with E-state index in [1.54, 1.807) is 24.9 Å². The summed E-state index contributed by atoms with van der Waals surface area (Å²) in [6, 6.07) is 4.48. The summed E-state index contributed by atoms with van der Waals surface area (Å²) < 4.78 is 19.2. The second-order valence-electron chi connectivity index (χ2n) is 6.85. The summed E-state index contributed by atoms with van der Waals surface area (Å²) in [7, 11) is 1.72. The van der Waals surface area contributed by atoms with Crippen LogP contribution in [0.2, 0.25) is 0 Å². The Morgan fingerprint density at radius 3 is 3.00 bits per heavy atom. The summed E-state index contributed by atoms with van der Waals surface area (Å²) in [6.07, 6.45) is 2.17. The van der Waals surface area contributed by atoms with Gasteiger partial charge in [0.15, 0.2) is 0 Å². The first-order chi connectivity index (χ1) is 11.5. The predicted octanol–water partition coefficient (Wildman–Crippen LogP) is 2.04. The molecule has 5 nitrogen and oxygen atoms in total. The third kappa shape index (κ3) is 1.83. The van der Waals surface area contributed by atoms with Crippen molar-refractivity contribution in [2.24, 2.45) is 5.92 Å². The Labute approximate surface area is 140 Å². The van der Waals surface area contributed by atoms with Crippen LogP contribution in [0.1, 0.15) is 31.7 Å². The summed E-state index contributed by atoms with van der Waals surface area (Å²) in [5, 5.41) is 0. The van der Waals surface area contributed by atoms with E-state index in [-0.39, 0.29) is 29.7 Å². The molecule has 0 N–H and O–H groups in total. The van der Waals surface area contributed by atoms with Gasteiger partial charge in [0.05, 0.1) is 12.5 Å². The molecule has 0 bridgehead atoms. The van der Waals surface area contributed by atoms with Gasteiger partial charge in [0.2, 0.25) is 0 Å². The first-order valence-corrected chi connectivity index (χ1v) is 8.52. The van der Waals surface area contributed by atoms with Gasteiger partial charge in [0.1, 0.15) is 11.4 Å². The van der Waals surface area contributed by atoms with Crippen molar-refractivity contribution in [1.82, 2.24) is 4.90 Å². The molecule has 128 valence electrons. The molecule has 1 aromatic carbocycles. The number of anilines is 1. The zero-order valence-corrected chi connectivity index (χ0v) is 13.9. The minimum atomic E-state index is -0.926. The normalized spacial score (nSPS) is 31.6. The van der Waals surface area contributed by atoms with Crippen LogP contribution in [0.4, 0.5) is 10.1 Å². The lowest BCUT2D eigenvalue weighted by atomic mass is 9.84. The lowest BCUT2D eigenvalue weighted by Crippen LogP contribution is -2.49.